The third kappa shape index (κ3) is 4.09. The van der Waals surface area contributed by atoms with Gasteiger partial charge >= 0.3 is 0 Å². The number of unbranched alkanes of at least 4 members (excludes halogenated alkanes) is 2. The molecule has 1 rings (SSSR count). The number of hydrogen-bond acceptors (Lipinski definition) is 3. The van der Waals surface area contributed by atoms with Crippen LogP contribution in [0, 0.1) is 0 Å². The Kier molecular flexibility index (Phi) is 5.15. The molecule has 1 N–H and O–H groups in total. The summed E-state index contributed by atoms with van der Waals surface area (Å²) in [4.78, 5) is 0. The minimum absolute atomic E-state index is 0.350. The highest BCUT2D eigenvalue weighted by Gasteiger charge is 2.04. The van der Waals surface area contributed by atoms with Gasteiger partial charge < -0.3 is 5.11 Å². The van der Waals surface area contributed by atoms with E-state index in [9.17, 15) is 0 Å². The summed E-state index contributed by atoms with van der Waals surface area (Å²) in [5.41, 5.74) is 1.58. The molecule has 0 radical (unpaired) electrons. The molecule has 1 heterocycles. The summed E-state index contributed by atoms with van der Waals surface area (Å²) in [6, 6.07) is 0. The zero-order valence-electron chi connectivity index (χ0n) is 6.58. The van der Waals surface area contributed by atoms with Crippen LogP contribution in [-0.4, -0.2) is 17.5 Å². The Balaban J connectivity index is 1.94. The Hall–Kier alpha value is 0.400. The molecule has 0 aromatic rings. The average Bonchev–Trinajstić information content (AvgIpc) is 2.50. The molecule has 0 saturated heterocycles. The summed E-state index contributed by atoms with van der Waals surface area (Å²) in [5.74, 6) is 1.21. The van der Waals surface area contributed by atoms with Crippen molar-refractivity contribution in [2.75, 3.05) is 12.4 Å². The van der Waals surface area contributed by atoms with Crippen molar-refractivity contribution in [2.24, 2.45) is 0 Å². The van der Waals surface area contributed by atoms with Crippen LogP contribution in [0.4, 0.5) is 0 Å². The molecule has 0 aliphatic carbocycles. The van der Waals surface area contributed by atoms with Crippen molar-refractivity contribution < 1.29 is 5.11 Å². The molecule has 64 valence electrons. The SMILES string of the molecule is OCCCCCC1=CSSC1. The van der Waals surface area contributed by atoms with E-state index in [2.05, 4.69) is 5.41 Å². The second kappa shape index (κ2) is 5.98. The number of aliphatic hydroxyl groups is 1. The molecule has 0 aromatic heterocycles. The van der Waals surface area contributed by atoms with Gasteiger partial charge in [-0.2, -0.15) is 0 Å². The molecule has 0 amide bonds. The Morgan fingerprint density at radius 3 is 2.91 bits per heavy atom. The van der Waals surface area contributed by atoms with Gasteiger partial charge in [0, 0.05) is 12.4 Å². The van der Waals surface area contributed by atoms with E-state index in [0.29, 0.717) is 6.61 Å². The van der Waals surface area contributed by atoms with Gasteiger partial charge in [0.15, 0.2) is 0 Å². The van der Waals surface area contributed by atoms with Crippen molar-refractivity contribution in [3.63, 3.8) is 0 Å². The van der Waals surface area contributed by atoms with Crippen LogP contribution < -0.4 is 0 Å². The molecule has 1 nitrogen and oxygen atoms in total. The standard InChI is InChI=1S/C8H14OS2/c9-5-3-1-2-4-8-6-10-11-7-8/h6,9H,1-5,7H2. The third-order valence-corrected chi connectivity index (χ3v) is 3.79. The van der Waals surface area contributed by atoms with Crippen LogP contribution in [0.1, 0.15) is 25.7 Å². The highest BCUT2D eigenvalue weighted by molar-refractivity contribution is 8.78. The molecular weight excluding hydrogens is 176 g/mol. The smallest absolute Gasteiger partial charge is 0.0431 e. The Morgan fingerprint density at radius 2 is 2.27 bits per heavy atom. The molecule has 1 aliphatic heterocycles. The lowest BCUT2D eigenvalue weighted by atomic mass is 10.1. The lowest BCUT2D eigenvalue weighted by Crippen LogP contribution is -1.86. The predicted octanol–water partition coefficient (Wildman–Crippen LogP) is 2.82. The van der Waals surface area contributed by atoms with E-state index in [0.717, 1.165) is 6.42 Å². The quantitative estimate of drug-likeness (QED) is 0.532. The first-order valence-electron chi connectivity index (χ1n) is 4.00. The number of hydrogen-bond donors (Lipinski definition) is 1. The maximum Gasteiger partial charge on any atom is 0.0431 e. The largest absolute Gasteiger partial charge is 0.396 e. The molecule has 0 saturated carbocycles. The summed E-state index contributed by atoms with van der Waals surface area (Å²) in [5, 5.41) is 10.8. The van der Waals surface area contributed by atoms with Gasteiger partial charge in [0.25, 0.3) is 0 Å². The summed E-state index contributed by atoms with van der Waals surface area (Å²) in [7, 11) is 3.77. The summed E-state index contributed by atoms with van der Waals surface area (Å²) >= 11 is 0. The van der Waals surface area contributed by atoms with E-state index in [4.69, 9.17) is 5.11 Å². The van der Waals surface area contributed by atoms with Crippen LogP contribution >= 0.6 is 21.6 Å². The molecule has 0 fully saturated rings. The lowest BCUT2D eigenvalue weighted by molar-refractivity contribution is 0.283. The lowest BCUT2D eigenvalue weighted by Gasteiger charge is -1.98. The topological polar surface area (TPSA) is 20.2 Å². The van der Waals surface area contributed by atoms with E-state index >= 15 is 0 Å². The van der Waals surface area contributed by atoms with Gasteiger partial charge in [0.05, 0.1) is 0 Å². The highest BCUT2D eigenvalue weighted by atomic mass is 33.1. The minimum atomic E-state index is 0.350. The molecular formula is C8H14OS2. The molecule has 0 aromatic carbocycles. The highest BCUT2D eigenvalue weighted by Crippen LogP contribution is 2.35. The predicted molar refractivity (Wildman–Crippen MR) is 53.7 cm³/mol. The van der Waals surface area contributed by atoms with E-state index in [1.165, 1.54) is 25.0 Å². The van der Waals surface area contributed by atoms with Crippen molar-refractivity contribution in [1.82, 2.24) is 0 Å². The Bertz CT molecular complexity index is 134. The van der Waals surface area contributed by atoms with Gasteiger partial charge in [0.2, 0.25) is 0 Å². The summed E-state index contributed by atoms with van der Waals surface area (Å²) in [6.07, 6.45) is 4.62. The maximum absolute atomic E-state index is 8.54. The van der Waals surface area contributed by atoms with Crippen LogP contribution in [0.25, 0.3) is 0 Å². The van der Waals surface area contributed by atoms with Gasteiger partial charge in [-0.3, -0.25) is 0 Å². The van der Waals surface area contributed by atoms with E-state index in [1.807, 2.05) is 21.6 Å². The van der Waals surface area contributed by atoms with Gasteiger partial charge in [0.1, 0.15) is 0 Å². The van der Waals surface area contributed by atoms with E-state index in [-0.39, 0.29) is 0 Å². The van der Waals surface area contributed by atoms with Crippen LogP contribution in [-0.2, 0) is 0 Å². The zero-order chi connectivity index (χ0) is 7.94. The van der Waals surface area contributed by atoms with E-state index in [1.54, 1.807) is 5.57 Å². The first-order valence-corrected chi connectivity index (χ1v) is 6.39. The molecule has 0 atom stereocenters. The van der Waals surface area contributed by atoms with Crippen molar-refractivity contribution in [3.05, 3.63) is 11.0 Å². The van der Waals surface area contributed by atoms with Crippen molar-refractivity contribution in [3.8, 4) is 0 Å². The van der Waals surface area contributed by atoms with Crippen LogP contribution in [0.2, 0.25) is 0 Å². The maximum atomic E-state index is 8.54. The van der Waals surface area contributed by atoms with Gasteiger partial charge in [-0.1, -0.05) is 33.6 Å². The van der Waals surface area contributed by atoms with Crippen molar-refractivity contribution in [1.29, 1.82) is 0 Å². The normalized spacial score (nSPS) is 17.0. The molecule has 1 aliphatic rings. The number of rotatable bonds is 5. The van der Waals surface area contributed by atoms with E-state index < -0.39 is 0 Å². The van der Waals surface area contributed by atoms with Gasteiger partial charge in [-0.25, -0.2) is 0 Å². The minimum Gasteiger partial charge on any atom is -0.396 e. The average molecular weight is 190 g/mol. The van der Waals surface area contributed by atoms with Crippen LogP contribution in [0.3, 0.4) is 0 Å². The molecule has 0 spiro atoms. The van der Waals surface area contributed by atoms with Crippen LogP contribution in [0.15, 0.2) is 11.0 Å². The van der Waals surface area contributed by atoms with Crippen molar-refractivity contribution in [2.45, 2.75) is 25.7 Å². The fourth-order valence-corrected chi connectivity index (χ4v) is 3.25. The Labute approximate surface area is 76.0 Å². The van der Waals surface area contributed by atoms with Gasteiger partial charge in [-0.15, -0.1) is 0 Å². The Morgan fingerprint density at radius 1 is 1.36 bits per heavy atom. The third-order valence-electron chi connectivity index (χ3n) is 1.68. The number of aliphatic hydroxyl groups excluding tert-OH is 1. The molecule has 0 bridgehead atoms. The fourth-order valence-electron chi connectivity index (χ4n) is 1.02. The van der Waals surface area contributed by atoms with Crippen molar-refractivity contribution >= 4 is 21.6 Å². The summed E-state index contributed by atoms with van der Waals surface area (Å²) < 4.78 is 0. The van der Waals surface area contributed by atoms with Crippen LogP contribution in [0.5, 0.6) is 0 Å². The zero-order valence-corrected chi connectivity index (χ0v) is 8.22. The first-order chi connectivity index (χ1) is 5.43. The molecule has 0 unspecified atom stereocenters. The van der Waals surface area contributed by atoms with Gasteiger partial charge in [-0.05, 0) is 24.7 Å². The monoisotopic (exact) mass is 190 g/mol. The molecule has 3 heteroatoms. The summed E-state index contributed by atoms with van der Waals surface area (Å²) in [6.45, 7) is 0.350. The second-order valence-corrected chi connectivity index (χ2v) is 4.91. The first kappa shape index (κ1) is 9.49. The molecule has 11 heavy (non-hydrogen) atoms. The fraction of sp³-hybridized carbons (Fsp3) is 0.750. The second-order valence-electron chi connectivity index (χ2n) is 2.67.